The lowest BCUT2D eigenvalue weighted by Crippen LogP contribution is -2.39. The van der Waals surface area contributed by atoms with Crippen molar-refractivity contribution < 1.29 is 36.3 Å². The van der Waals surface area contributed by atoms with Crippen LogP contribution in [0.25, 0.3) is 11.0 Å². The van der Waals surface area contributed by atoms with Crippen LogP contribution in [-0.4, -0.2) is 58.5 Å². The molecule has 0 radical (unpaired) electrons. The smallest absolute Gasteiger partial charge is 0.475 e. The van der Waals surface area contributed by atoms with Crippen molar-refractivity contribution in [3.8, 4) is 0 Å². The van der Waals surface area contributed by atoms with E-state index in [1.54, 1.807) is 4.31 Å². The van der Waals surface area contributed by atoms with Crippen LogP contribution in [0.15, 0.2) is 95.9 Å². The molecule has 1 amide bonds. The number of aliphatic carboxylic acids is 1. The molecule has 272 valence electrons. The first kappa shape index (κ1) is 37.3. The summed E-state index contributed by atoms with van der Waals surface area (Å²) >= 11 is 12.5. The number of carboxylic acid groups (broad SMARTS) is 1. The van der Waals surface area contributed by atoms with E-state index in [0.717, 1.165) is 46.4 Å². The molecule has 7 rings (SSSR count). The van der Waals surface area contributed by atoms with Crippen LogP contribution in [-0.2, 0) is 14.8 Å². The predicted octanol–water partition coefficient (Wildman–Crippen LogP) is 8.16. The number of hydrogen-bond donors (Lipinski definition) is 2. The number of benzene rings is 4. The summed E-state index contributed by atoms with van der Waals surface area (Å²) in [7, 11) is -3.70. The van der Waals surface area contributed by atoms with Gasteiger partial charge in [-0.15, -0.1) is 0 Å². The SMILES string of the molecule is NC(=O)c1ccc(S(=O)(=O)N2CCC(n3c(C4CC4)nc4ccc(C(c5ccc(Cl)cc5)c5ccc(Cl)cc5)cc43)CC2)cc1.O=C(O)C(F)(F)F. The van der Waals surface area contributed by atoms with Crippen molar-refractivity contribution in [3.63, 3.8) is 0 Å². The van der Waals surface area contributed by atoms with Crippen LogP contribution in [0.5, 0.6) is 0 Å². The van der Waals surface area contributed by atoms with Crippen molar-refractivity contribution in [1.29, 1.82) is 0 Å². The highest BCUT2D eigenvalue weighted by Gasteiger charge is 2.38. The minimum Gasteiger partial charge on any atom is -0.475 e. The number of alkyl halides is 3. The van der Waals surface area contributed by atoms with Gasteiger partial charge in [-0.2, -0.15) is 17.5 Å². The minimum atomic E-state index is -5.08. The van der Waals surface area contributed by atoms with E-state index in [0.29, 0.717) is 41.9 Å². The number of carbonyl (C=O) groups excluding carboxylic acids is 1. The molecule has 1 aliphatic heterocycles. The van der Waals surface area contributed by atoms with Crippen LogP contribution in [0.2, 0.25) is 10.0 Å². The quantitative estimate of drug-likeness (QED) is 0.153. The highest BCUT2D eigenvalue weighted by Crippen LogP contribution is 2.44. The van der Waals surface area contributed by atoms with E-state index in [1.165, 1.54) is 24.3 Å². The molecule has 1 aromatic heterocycles. The second-order valence-electron chi connectivity index (χ2n) is 12.7. The predicted molar refractivity (Wildman–Crippen MR) is 191 cm³/mol. The lowest BCUT2D eigenvalue weighted by molar-refractivity contribution is -0.192. The second-order valence-corrected chi connectivity index (χ2v) is 15.5. The third kappa shape index (κ3) is 8.12. The molecule has 3 N–H and O–H groups in total. The van der Waals surface area contributed by atoms with Gasteiger partial charge in [0.15, 0.2) is 0 Å². The zero-order valence-corrected chi connectivity index (χ0v) is 29.8. The number of sulfonamides is 1. The summed E-state index contributed by atoms with van der Waals surface area (Å²) in [5.41, 5.74) is 11.0. The Labute approximate surface area is 307 Å². The number of fused-ring (bicyclic) bond motifs is 1. The molecule has 2 fully saturated rings. The lowest BCUT2D eigenvalue weighted by Gasteiger charge is -2.33. The number of imidazole rings is 1. The van der Waals surface area contributed by atoms with E-state index in [9.17, 15) is 26.4 Å². The van der Waals surface area contributed by atoms with Crippen molar-refractivity contribution in [2.45, 2.75) is 54.6 Å². The van der Waals surface area contributed by atoms with Crippen molar-refractivity contribution in [3.05, 3.63) is 129 Å². The molecule has 0 bridgehead atoms. The average molecular weight is 774 g/mol. The van der Waals surface area contributed by atoms with Crippen LogP contribution in [0, 0.1) is 0 Å². The number of piperidine rings is 1. The van der Waals surface area contributed by atoms with Gasteiger partial charge < -0.3 is 15.4 Å². The van der Waals surface area contributed by atoms with Gasteiger partial charge in [-0.1, -0.05) is 53.5 Å². The van der Waals surface area contributed by atoms with Crippen LogP contribution in [0.3, 0.4) is 0 Å². The molecule has 5 aromatic rings. The number of nitrogens with two attached hydrogens (primary N) is 1. The number of primary amides is 1. The molecular formula is C37H33Cl2F3N4O5S. The third-order valence-electron chi connectivity index (χ3n) is 9.23. The Morgan fingerprint density at radius 2 is 1.31 bits per heavy atom. The molecule has 0 spiro atoms. The minimum absolute atomic E-state index is 0.0374. The van der Waals surface area contributed by atoms with Crippen molar-refractivity contribution in [2.24, 2.45) is 5.73 Å². The van der Waals surface area contributed by atoms with Crippen molar-refractivity contribution in [1.82, 2.24) is 13.9 Å². The first-order valence-electron chi connectivity index (χ1n) is 16.4. The first-order chi connectivity index (χ1) is 24.6. The molecule has 2 aliphatic rings. The normalized spacial score (nSPS) is 15.7. The molecule has 15 heteroatoms. The highest BCUT2D eigenvalue weighted by atomic mass is 35.5. The maximum atomic E-state index is 13.5. The maximum absolute atomic E-state index is 13.5. The standard InChI is InChI=1S/C35H32Cl2N4O3S.C2HF3O2/c36-27-10-3-22(4-11-27)33(23-5-12-28(37)13-6-23)26-9-16-31-32(21-26)41(35(39-31)25-1-2-25)29-17-19-40(20-18-29)45(43,44)30-14-7-24(8-15-30)34(38)42;3-2(4,5)1(6)7/h3-16,21,25,29,33H,1-2,17-20H2,(H2,38,42);(H,6,7). The molecule has 2 heterocycles. The number of carbonyl (C=O) groups is 2. The number of rotatable bonds is 8. The molecular weight excluding hydrogens is 740 g/mol. The van der Waals surface area contributed by atoms with Gasteiger partial charge in [-0.3, -0.25) is 4.79 Å². The number of carboxylic acids is 1. The molecule has 4 aromatic carbocycles. The Balaban J connectivity index is 0.000000604. The van der Waals surface area contributed by atoms with E-state index in [-0.39, 0.29) is 22.4 Å². The van der Waals surface area contributed by atoms with Gasteiger partial charge >= 0.3 is 12.1 Å². The van der Waals surface area contributed by atoms with E-state index in [4.69, 9.17) is 43.8 Å². The Hall–Kier alpha value is -4.43. The Morgan fingerprint density at radius 1 is 0.808 bits per heavy atom. The van der Waals surface area contributed by atoms with Crippen LogP contribution in [0.4, 0.5) is 13.2 Å². The van der Waals surface area contributed by atoms with Crippen LogP contribution >= 0.6 is 23.2 Å². The number of nitrogens with zero attached hydrogens (tertiary/aromatic N) is 3. The zero-order valence-electron chi connectivity index (χ0n) is 27.4. The van der Waals surface area contributed by atoms with Gasteiger partial charge in [-0.05, 0) is 103 Å². The Morgan fingerprint density at radius 3 is 1.77 bits per heavy atom. The fourth-order valence-electron chi connectivity index (χ4n) is 6.49. The molecule has 1 saturated carbocycles. The molecule has 1 saturated heterocycles. The number of hydrogen-bond acceptors (Lipinski definition) is 5. The fourth-order valence-corrected chi connectivity index (χ4v) is 8.21. The van der Waals surface area contributed by atoms with Gasteiger partial charge in [0.1, 0.15) is 5.82 Å². The van der Waals surface area contributed by atoms with E-state index >= 15 is 0 Å². The number of amides is 1. The number of halogens is 5. The van der Waals surface area contributed by atoms with E-state index in [1.807, 2.05) is 24.3 Å². The summed E-state index contributed by atoms with van der Waals surface area (Å²) in [4.78, 5) is 25.6. The monoisotopic (exact) mass is 772 g/mol. The summed E-state index contributed by atoms with van der Waals surface area (Å²) in [6, 6.07) is 28.4. The molecule has 0 atom stereocenters. The Kier molecular flexibility index (Phi) is 10.7. The van der Waals surface area contributed by atoms with E-state index in [2.05, 4.69) is 47.0 Å². The molecule has 1 aliphatic carbocycles. The van der Waals surface area contributed by atoms with Crippen molar-refractivity contribution in [2.75, 3.05) is 13.1 Å². The van der Waals surface area contributed by atoms with E-state index < -0.39 is 28.1 Å². The summed E-state index contributed by atoms with van der Waals surface area (Å²) in [6.07, 6.45) is -1.51. The first-order valence-corrected chi connectivity index (χ1v) is 18.6. The lowest BCUT2D eigenvalue weighted by atomic mass is 9.85. The number of aromatic nitrogens is 2. The second kappa shape index (κ2) is 14.9. The Bertz CT molecular complexity index is 2150. The fraction of sp³-hybridized carbons (Fsp3) is 0.270. The van der Waals surface area contributed by atoms with Gasteiger partial charge in [0.05, 0.1) is 15.9 Å². The van der Waals surface area contributed by atoms with Gasteiger partial charge in [0, 0.05) is 46.6 Å². The van der Waals surface area contributed by atoms with Crippen LogP contribution < -0.4 is 5.73 Å². The van der Waals surface area contributed by atoms with Gasteiger partial charge in [0.2, 0.25) is 15.9 Å². The maximum Gasteiger partial charge on any atom is 0.490 e. The molecule has 52 heavy (non-hydrogen) atoms. The topological polar surface area (TPSA) is 136 Å². The summed E-state index contributed by atoms with van der Waals surface area (Å²) in [5, 5.41) is 8.50. The van der Waals surface area contributed by atoms with Crippen LogP contribution in [0.1, 0.15) is 76.4 Å². The largest absolute Gasteiger partial charge is 0.490 e. The van der Waals surface area contributed by atoms with Gasteiger partial charge in [-0.25, -0.2) is 18.2 Å². The summed E-state index contributed by atoms with van der Waals surface area (Å²) in [5.74, 6) is -1.86. The highest BCUT2D eigenvalue weighted by molar-refractivity contribution is 7.89. The summed E-state index contributed by atoms with van der Waals surface area (Å²) in [6.45, 7) is 0.790. The molecule has 9 nitrogen and oxygen atoms in total. The van der Waals surface area contributed by atoms with Gasteiger partial charge in [0.25, 0.3) is 0 Å². The average Bonchev–Trinajstić information content (AvgIpc) is 3.90. The zero-order chi connectivity index (χ0) is 37.4. The molecule has 0 unspecified atom stereocenters. The third-order valence-corrected chi connectivity index (χ3v) is 11.6. The van der Waals surface area contributed by atoms with Crippen molar-refractivity contribution >= 4 is 56.1 Å². The summed E-state index contributed by atoms with van der Waals surface area (Å²) < 4.78 is 62.6.